The number of morpholine rings is 1. The number of fused-ring (bicyclic) bond motifs is 1. The smallest absolute Gasteiger partial charge is 0.0722 e. The fourth-order valence-corrected chi connectivity index (χ4v) is 2.94. The van der Waals surface area contributed by atoms with Gasteiger partial charge in [0.05, 0.1) is 18.7 Å². The van der Waals surface area contributed by atoms with Gasteiger partial charge in [-0.3, -0.25) is 4.98 Å². The van der Waals surface area contributed by atoms with E-state index in [0.29, 0.717) is 0 Å². The molecule has 0 atom stereocenters. The first-order valence-electron chi connectivity index (χ1n) is 7.94. The zero-order chi connectivity index (χ0) is 15.5. The van der Waals surface area contributed by atoms with Gasteiger partial charge in [-0.15, -0.1) is 0 Å². The van der Waals surface area contributed by atoms with E-state index in [4.69, 9.17) is 4.74 Å². The Bertz CT molecular complexity index is 790. The summed E-state index contributed by atoms with van der Waals surface area (Å²) in [6.07, 6.45) is 1.84. The van der Waals surface area contributed by atoms with Gasteiger partial charge in [-0.05, 0) is 36.4 Å². The molecule has 1 aromatic heterocycles. The highest BCUT2D eigenvalue weighted by atomic mass is 16.5. The summed E-state index contributed by atoms with van der Waals surface area (Å²) in [5.74, 6) is 0. The number of anilines is 3. The summed E-state index contributed by atoms with van der Waals surface area (Å²) >= 11 is 0. The summed E-state index contributed by atoms with van der Waals surface area (Å²) in [6, 6.07) is 18.8. The second-order valence-corrected chi connectivity index (χ2v) is 5.65. The molecule has 0 amide bonds. The van der Waals surface area contributed by atoms with Crippen molar-refractivity contribution in [2.45, 2.75) is 0 Å². The molecule has 3 aromatic rings. The molecule has 4 heteroatoms. The Morgan fingerprint density at radius 3 is 2.52 bits per heavy atom. The molecule has 1 aliphatic rings. The van der Waals surface area contributed by atoms with Gasteiger partial charge < -0.3 is 15.0 Å². The summed E-state index contributed by atoms with van der Waals surface area (Å²) in [4.78, 5) is 6.76. The van der Waals surface area contributed by atoms with Crippen LogP contribution in [0.5, 0.6) is 0 Å². The van der Waals surface area contributed by atoms with Gasteiger partial charge in [-0.2, -0.15) is 0 Å². The van der Waals surface area contributed by atoms with Gasteiger partial charge >= 0.3 is 0 Å². The number of rotatable bonds is 3. The molecule has 1 N–H and O–H groups in total. The standard InChI is InChI=1S/C19H19N3O/c1-2-4-18-17(3-1)19(9-10-20-18)21-15-5-7-16(8-6-15)22-11-13-23-14-12-22/h1-10H,11-14H2,(H,20,21). The third-order valence-electron chi connectivity index (χ3n) is 4.17. The molecule has 0 saturated carbocycles. The summed E-state index contributed by atoms with van der Waals surface area (Å²) in [6.45, 7) is 3.54. The fraction of sp³-hybridized carbons (Fsp3) is 0.211. The predicted octanol–water partition coefficient (Wildman–Crippen LogP) is 3.82. The van der Waals surface area contributed by atoms with E-state index < -0.39 is 0 Å². The molecule has 4 rings (SSSR count). The van der Waals surface area contributed by atoms with Gasteiger partial charge in [0.15, 0.2) is 0 Å². The first kappa shape index (κ1) is 14.0. The van der Waals surface area contributed by atoms with Crippen LogP contribution in [0.3, 0.4) is 0 Å². The first-order chi connectivity index (χ1) is 11.4. The Labute approximate surface area is 135 Å². The van der Waals surface area contributed by atoms with Crippen molar-refractivity contribution in [3.05, 3.63) is 60.8 Å². The highest BCUT2D eigenvalue weighted by Gasteiger charge is 2.10. The van der Waals surface area contributed by atoms with E-state index in [9.17, 15) is 0 Å². The van der Waals surface area contributed by atoms with E-state index in [1.807, 2.05) is 30.5 Å². The van der Waals surface area contributed by atoms with Gasteiger partial charge in [-0.25, -0.2) is 0 Å². The molecule has 0 radical (unpaired) electrons. The van der Waals surface area contributed by atoms with Crippen LogP contribution in [0.2, 0.25) is 0 Å². The van der Waals surface area contributed by atoms with Crippen molar-refractivity contribution in [1.29, 1.82) is 0 Å². The van der Waals surface area contributed by atoms with E-state index in [2.05, 4.69) is 45.5 Å². The second kappa shape index (κ2) is 6.26. The van der Waals surface area contributed by atoms with Crippen LogP contribution in [0.15, 0.2) is 60.8 Å². The molecule has 1 fully saturated rings. The average Bonchev–Trinajstić information content (AvgIpc) is 2.63. The Hall–Kier alpha value is -2.59. The minimum absolute atomic E-state index is 0.809. The van der Waals surface area contributed by atoms with E-state index in [-0.39, 0.29) is 0 Å². The first-order valence-corrected chi connectivity index (χ1v) is 7.94. The quantitative estimate of drug-likeness (QED) is 0.798. The van der Waals surface area contributed by atoms with Crippen molar-refractivity contribution < 1.29 is 4.74 Å². The zero-order valence-corrected chi connectivity index (χ0v) is 12.9. The number of hydrogen-bond donors (Lipinski definition) is 1. The van der Waals surface area contributed by atoms with Crippen LogP contribution in [0.4, 0.5) is 17.1 Å². The van der Waals surface area contributed by atoms with Gasteiger partial charge in [0.25, 0.3) is 0 Å². The molecule has 0 spiro atoms. The number of nitrogens with zero attached hydrogens (tertiary/aromatic N) is 2. The predicted molar refractivity (Wildman–Crippen MR) is 94.5 cm³/mol. The molecular weight excluding hydrogens is 286 g/mol. The lowest BCUT2D eigenvalue weighted by Gasteiger charge is -2.29. The zero-order valence-electron chi connectivity index (χ0n) is 12.9. The van der Waals surface area contributed by atoms with Crippen LogP contribution in [-0.2, 0) is 4.74 Å². The fourth-order valence-electron chi connectivity index (χ4n) is 2.94. The summed E-state index contributed by atoms with van der Waals surface area (Å²) in [5.41, 5.74) is 4.41. The van der Waals surface area contributed by atoms with Crippen molar-refractivity contribution in [2.75, 3.05) is 36.5 Å². The lowest BCUT2D eigenvalue weighted by Crippen LogP contribution is -2.36. The van der Waals surface area contributed by atoms with Gasteiger partial charge in [0.1, 0.15) is 0 Å². The highest BCUT2D eigenvalue weighted by molar-refractivity contribution is 5.92. The van der Waals surface area contributed by atoms with Crippen LogP contribution in [0, 0.1) is 0 Å². The third kappa shape index (κ3) is 2.98. The maximum absolute atomic E-state index is 5.40. The number of hydrogen-bond acceptors (Lipinski definition) is 4. The van der Waals surface area contributed by atoms with Crippen molar-refractivity contribution >= 4 is 28.0 Å². The van der Waals surface area contributed by atoms with E-state index in [0.717, 1.165) is 48.6 Å². The molecular formula is C19H19N3O. The summed E-state index contributed by atoms with van der Waals surface area (Å²) < 4.78 is 5.40. The molecule has 1 saturated heterocycles. The Balaban J connectivity index is 1.56. The molecule has 23 heavy (non-hydrogen) atoms. The molecule has 2 aromatic carbocycles. The van der Waals surface area contributed by atoms with E-state index in [1.165, 1.54) is 5.69 Å². The third-order valence-corrected chi connectivity index (χ3v) is 4.17. The van der Waals surface area contributed by atoms with Crippen LogP contribution < -0.4 is 10.2 Å². The second-order valence-electron chi connectivity index (χ2n) is 5.65. The summed E-state index contributed by atoms with van der Waals surface area (Å²) in [5, 5.41) is 4.63. The van der Waals surface area contributed by atoms with Crippen molar-refractivity contribution in [2.24, 2.45) is 0 Å². The van der Waals surface area contributed by atoms with Crippen LogP contribution in [-0.4, -0.2) is 31.3 Å². The maximum Gasteiger partial charge on any atom is 0.0722 e. The molecule has 2 heterocycles. The number of para-hydroxylation sites is 1. The van der Waals surface area contributed by atoms with Crippen molar-refractivity contribution in [3.63, 3.8) is 0 Å². The molecule has 0 unspecified atom stereocenters. The van der Waals surface area contributed by atoms with E-state index in [1.54, 1.807) is 0 Å². The Morgan fingerprint density at radius 2 is 1.70 bits per heavy atom. The number of ether oxygens (including phenoxy) is 1. The van der Waals surface area contributed by atoms with Gasteiger partial charge in [0.2, 0.25) is 0 Å². The average molecular weight is 305 g/mol. The lowest BCUT2D eigenvalue weighted by molar-refractivity contribution is 0.122. The monoisotopic (exact) mass is 305 g/mol. The van der Waals surface area contributed by atoms with Gasteiger partial charge in [-0.1, -0.05) is 18.2 Å². The number of aromatic nitrogens is 1. The molecule has 116 valence electrons. The molecule has 0 aliphatic carbocycles. The minimum Gasteiger partial charge on any atom is -0.378 e. The Morgan fingerprint density at radius 1 is 0.913 bits per heavy atom. The maximum atomic E-state index is 5.40. The minimum atomic E-state index is 0.809. The number of benzene rings is 2. The van der Waals surface area contributed by atoms with Crippen LogP contribution in [0.25, 0.3) is 10.9 Å². The number of nitrogens with one attached hydrogen (secondary N) is 1. The SMILES string of the molecule is c1ccc2c(Nc3ccc(N4CCOCC4)cc3)ccnc2c1. The molecule has 1 aliphatic heterocycles. The molecule has 4 nitrogen and oxygen atoms in total. The largest absolute Gasteiger partial charge is 0.378 e. The van der Waals surface area contributed by atoms with Crippen LogP contribution in [0.1, 0.15) is 0 Å². The highest BCUT2D eigenvalue weighted by Crippen LogP contribution is 2.26. The van der Waals surface area contributed by atoms with Gasteiger partial charge in [0, 0.05) is 41.7 Å². The van der Waals surface area contributed by atoms with Crippen LogP contribution >= 0.6 is 0 Å². The van der Waals surface area contributed by atoms with Crippen molar-refractivity contribution in [3.8, 4) is 0 Å². The molecule has 0 bridgehead atoms. The lowest BCUT2D eigenvalue weighted by atomic mass is 10.1. The Kier molecular flexibility index (Phi) is 3.82. The summed E-state index contributed by atoms with van der Waals surface area (Å²) in [7, 11) is 0. The number of pyridine rings is 1. The normalized spacial score (nSPS) is 14.9. The van der Waals surface area contributed by atoms with E-state index >= 15 is 0 Å². The van der Waals surface area contributed by atoms with Crippen molar-refractivity contribution in [1.82, 2.24) is 4.98 Å². The topological polar surface area (TPSA) is 37.4 Å².